The van der Waals surface area contributed by atoms with Crippen molar-refractivity contribution in [2.75, 3.05) is 20.1 Å². The van der Waals surface area contributed by atoms with Crippen LogP contribution in [0, 0.1) is 0 Å². The Hall–Kier alpha value is -1.44. The van der Waals surface area contributed by atoms with E-state index in [2.05, 4.69) is 5.32 Å². The molecule has 0 aliphatic heterocycles. The van der Waals surface area contributed by atoms with Gasteiger partial charge in [0.15, 0.2) is 0 Å². The summed E-state index contributed by atoms with van der Waals surface area (Å²) in [4.78, 5) is 11.5. The first-order chi connectivity index (χ1) is 9.94. The number of nitrogens with two attached hydrogens (primary N) is 1. The zero-order valence-electron chi connectivity index (χ0n) is 12.5. The van der Waals surface area contributed by atoms with Gasteiger partial charge in [0.1, 0.15) is 0 Å². The molecule has 0 heterocycles. The van der Waals surface area contributed by atoms with Crippen molar-refractivity contribution < 1.29 is 13.2 Å². The minimum Gasteiger partial charge on any atom is -0.358 e. The number of carbonyl (C=O) groups excluding carboxylic acids is 1. The second-order valence-corrected chi connectivity index (χ2v) is 6.70. The maximum absolute atomic E-state index is 12.5. The van der Waals surface area contributed by atoms with Gasteiger partial charge in [0.2, 0.25) is 15.9 Å². The Morgan fingerprint density at radius 1 is 1.29 bits per heavy atom. The van der Waals surface area contributed by atoms with Gasteiger partial charge in [0.25, 0.3) is 0 Å². The van der Waals surface area contributed by atoms with Crippen molar-refractivity contribution in [3.05, 3.63) is 35.4 Å². The zero-order valence-corrected chi connectivity index (χ0v) is 13.3. The van der Waals surface area contributed by atoms with E-state index in [1.54, 1.807) is 12.1 Å². The lowest BCUT2D eigenvalue weighted by atomic mass is 10.1. The smallest absolute Gasteiger partial charge is 0.235 e. The number of hydrogen-bond acceptors (Lipinski definition) is 4. The predicted molar refractivity (Wildman–Crippen MR) is 82.9 cm³/mol. The van der Waals surface area contributed by atoms with E-state index < -0.39 is 10.0 Å². The van der Waals surface area contributed by atoms with Crippen LogP contribution in [0.4, 0.5) is 0 Å². The van der Waals surface area contributed by atoms with Crippen molar-refractivity contribution in [2.45, 2.75) is 25.6 Å². The van der Waals surface area contributed by atoms with E-state index in [1.165, 1.54) is 11.4 Å². The molecular formula is C14H23N3O3S. The van der Waals surface area contributed by atoms with Crippen molar-refractivity contribution in [2.24, 2.45) is 5.73 Å². The molecule has 0 aliphatic rings. The van der Waals surface area contributed by atoms with Crippen LogP contribution in [-0.4, -0.2) is 38.8 Å². The van der Waals surface area contributed by atoms with Crippen LogP contribution in [0.3, 0.4) is 0 Å². The number of carbonyl (C=O) groups is 1. The highest BCUT2D eigenvalue weighted by Crippen LogP contribution is 2.15. The molecule has 1 aromatic carbocycles. The lowest BCUT2D eigenvalue weighted by Gasteiger charge is -2.21. The van der Waals surface area contributed by atoms with Crippen molar-refractivity contribution in [1.82, 2.24) is 9.62 Å². The number of benzene rings is 1. The standard InChI is InChI=1S/C14H23N3O3S/c1-3-8-17(10-14(18)16-2)21(19,20)11-13-7-5-4-6-12(13)9-15/h4-7H,3,8-11,15H2,1-2H3,(H,16,18). The summed E-state index contributed by atoms with van der Waals surface area (Å²) in [6.07, 6.45) is 0.648. The van der Waals surface area contributed by atoms with Crippen LogP contribution >= 0.6 is 0 Å². The summed E-state index contributed by atoms with van der Waals surface area (Å²) in [6, 6.07) is 7.18. The van der Waals surface area contributed by atoms with Crippen molar-refractivity contribution in [1.29, 1.82) is 0 Å². The van der Waals surface area contributed by atoms with Gasteiger partial charge in [-0.05, 0) is 17.5 Å². The molecule has 0 spiro atoms. The van der Waals surface area contributed by atoms with E-state index >= 15 is 0 Å². The second-order valence-electron chi connectivity index (χ2n) is 4.74. The number of nitrogens with zero attached hydrogens (tertiary/aromatic N) is 1. The third-order valence-corrected chi connectivity index (χ3v) is 4.92. The van der Waals surface area contributed by atoms with Crippen LogP contribution in [0.25, 0.3) is 0 Å². The van der Waals surface area contributed by atoms with Gasteiger partial charge < -0.3 is 11.1 Å². The fraction of sp³-hybridized carbons (Fsp3) is 0.500. The van der Waals surface area contributed by atoms with Crippen LogP contribution in [-0.2, 0) is 27.1 Å². The van der Waals surface area contributed by atoms with E-state index in [0.717, 1.165) is 5.56 Å². The average molecular weight is 313 g/mol. The van der Waals surface area contributed by atoms with Crippen molar-refractivity contribution in [3.8, 4) is 0 Å². The molecule has 0 saturated carbocycles. The molecule has 0 unspecified atom stereocenters. The normalized spacial score (nSPS) is 11.6. The highest BCUT2D eigenvalue weighted by molar-refractivity contribution is 7.88. The van der Waals surface area contributed by atoms with E-state index in [9.17, 15) is 13.2 Å². The Labute approximate surface area is 126 Å². The van der Waals surface area contributed by atoms with Crippen LogP contribution in [0.5, 0.6) is 0 Å². The van der Waals surface area contributed by atoms with Crippen LogP contribution < -0.4 is 11.1 Å². The topological polar surface area (TPSA) is 92.5 Å². The third-order valence-electron chi connectivity index (χ3n) is 3.14. The predicted octanol–water partition coefficient (Wildman–Crippen LogP) is 0.433. The quantitative estimate of drug-likeness (QED) is 0.728. The molecule has 118 valence electrons. The van der Waals surface area contributed by atoms with Gasteiger partial charge in [-0.1, -0.05) is 31.2 Å². The fourth-order valence-electron chi connectivity index (χ4n) is 1.99. The van der Waals surface area contributed by atoms with Gasteiger partial charge in [-0.25, -0.2) is 8.42 Å². The summed E-state index contributed by atoms with van der Waals surface area (Å²) in [5.41, 5.74) is 7.12. The Morgan fingerprint density at radius 2 is 1.90 bits per heavy atom. The van der Waals surface area contributed by atoms with Gasteiger partial charge >= 0.3 is 0 Å². The summed E-state index contributed by atoms with van der Waals surface area (Å²) in [5, 5.41) is 2.45. The molecule has 6 nitrogen and oxygen atoms in total. The molecule has 0 radical (unpaired) electrons. The Balaban J connectivity index is 2.97. The molecular weight excluding hydrogens is 290 g/mol. The van der Waals surface area contributed by atoms with Crippen molar-refractivity contribution >= 4 is 15.9 Å². The molecule has 1 rings (SSSR count). The molecule has 3 N–H and O–H groups in total. The van der Waals surface area contributed by atoms with Crippen molar-refractivity contribution in [3.63, 3.8) is 0 Å². The molecule has 0 atom stereocenters. The van der Waals surface area contributed by atoms with E-state index in [4.69, 9.17) is 5.73 Å². The van der Waals surface area contributed by atoms with Crippen LogP contribution in [0.2, 0.25) is 0 Å². The largest absolute Gasteiger partial charge is 0.358 e. The number of hydrogen-bond donors (Lipinski definition) is 2. The first-order valence-corrected chi connectivity index (χ1v) is 8.50. The lowest BCUT2D eigenvalue weighted by molar-refractivity contribution is -0.120. The zero-order chi connectivity index (χ0) is 15.9. The number of sulfonamides is 1. The van der Waals surface area contributed by atoms with Gasteiger partial charge in [0.05, 0.1) is 12.3 Å². The SMILES string of the molecule is CCCN(CC(=O)NC)S(=O)(=O)Cc1ccccc1CN. The monoisotopic (exact) mass is 313 g/mol. The van der Waals surface area contributed by atoms with Gasteiger partial charge in [-0.15, -0.1) is 0 Å². The molecule has 0 bridgehead atoms. The molecule has 0 saturated heterocycles. The molecule has 7 heteroatoms. The number of rotatable bonds is 8. The second kappa shape index (κ2) is 8.11. The van der Waals surface area contributed by atoms with E-state index in [1.807, 2.05) is 19.1 Å². The molecule has 0 aliphatic carbocycles. The highest BCUT2D eigenvalue weighted by atomic mass is 32.2. The van der Waals surface area contributed by atoms with Crippen LogP contribution in [0.1, 0.15) is 24.5 Å². The highest BCUT2D eigenvalue weighted by Gasteiger charge is 2.24. The Bertz CT molecular complexity index is 573. The van der Waals surface area contributed by atoms with Gasteiger partial charge in [0, 0.05) is 20.1 Å². The summed E-state index contributed by atoms with van der Waals surface area (Å²) >= 11 is 0. The van der Waals surface area contributed by atoms with E-state index in [0.29, 0.717) is 18.5 Å². The summed E-state index contributed by atoms with van der Waals surface area (Å²) in [6.45, 7) is 2.33. The maximum Gasteiger partial charge on any atom is 0.235 e. The number of amides is 1. The minimum atomic E-state index is -3.56. The lowest BCUT2D eigenvalue weighted by Crippen LogP contribution is -2.40. The molecule has 21 heavy (non-hydrogen) atoms. The molecule has 1 aromatic rings. The van der Waals surface area contributed by atoms with Gasteiger partial charge in [-0.3, -0.25) is 4.79 Å². The first-order valence-electron chi connectivity index (χ1n) is 6.89. The molecule has 1 amide bonds. The van der Waals surface area contributed by atoms with Crippen LogP contribution in [0.15, 0.2) is 24.3 Å². The minimum absolute atomic E-state index is 0.142. The Morgan fingerprint density at radius 3 is 2.43 bits per heavy atom. The molecule has 0 fully saturated rings. The number of likely N-dealkylation sites (N-methyl/N-ethyl adjacent to an activating group) is 1. The fourth-order valence-corrected chi connectivity index (χ4v) is 3.62. The third kappa shape index (κ3) is 5.11. The summed E-state index contributed by atoms with van der Waals surface area (Å²) in [7, 11) is -2.07. The maximum atomic E-state index is 12.5. The summed E-state index contributed by atoms with van der Waals surface area (Å²) < 4.78 is 26.3. The molecule has 0 aromatic heterocycles. The number of nitrogens with one attached hydrogen (secondary N) is 1. The van der Waals surface area contributed by atoms with E-state index in [-0.39, 0.29) is 24.7 Å². The van der Waals surface area contributed by atoms with Gasteiger partial charge in [-0.2, -0.15) is 4.31 Å². The first kappa shape index (κ1) is 17.6. The summed E-state index contributed by atoms with van der Waals surface area (Å²) in [5.74, 6) is -0.462. The Kier molecular flexibility index (Phi) is 6.80. The average Bonchev–Trinajstić information content (AvgIpc) is 2.46.